The highest BCUT2D eigenvalue weighted by atomic mass is 35.5. The summed E-state index contributed by atoms with van der Waals surface area (Å²) in [4.78, 5) is 193. The van der Waals surface area contributed by atoms with Crippen molar-refractivity contribution in [3.05, 3.63) is 12.2 Å². The summed E-state index contributed by atoms with van der Waals surface area (Å²) in [6.45, 7) is 3.24. The molecule has 632 valence electrons. The van der Waals surface area contributed by atoms with E-state index >= 15 is 47.1 Å². The van der Waals surface area contributed by atoms with E-state index in [1.165, 1.54) is 76.0 Å². The minimum absolute atomic E-state index is 0.00781. The van der Waals surface area contributed by atoms with Crippen molar-refractivity contribution in [1.82, 2.24) is 60.0 Å². The number of halogens is 9. The molecule has 4 unspecified atom stereocenters. The van der Waals surface area contributed by atoms with Gasteiger partial charge in [0.2, 0.25) is 70.9 Å². The number of alkyl halides is 9. The van der Waals surface area contributed by atoms with Crippen LogP contribution in [0.15, 0.2) is 12.2 Å². The number of hydrogen-bond donors (Lipinski definition) is 3. The zero-order valence-corrected chi connectivity index (χ0v) is 67.5. The van der Waals surface area contributed by atoms with Crippen LogP contribution in [0.3, 0.4) is 0 Å². The summed E-state index contributed by atoms with van der Waals surface area (Å²) < 4.78 is 122. The van der Waals surface area contributed by atoms with Crippen LogP contribution in [-0.2, 0) is 62.3 Å². The fraction of sp³-hybridized carbons (Fsp3) is 0.821. The van der Waals surface area contributed by atoms with Gasteiger partial charge in [0.05, 0.1) is 31.5 Å². The fourth-order valence-corrected chi connectivity index (χ4v) is 18.7. The largest absolute Gasteiger partial charge is 0.397 e. The standard InChI is InChI=1S/C78H119ClF8N12O13/c1-12-45(3)65-73(109)93(7)44-63(102)94(8)56-25-15-14-18-34-98(72(56)108)60(38-46-26-29-50(30-27-46)77(82,83)84)71(107)92(6)43-61(100)88-55(31-28-48-36-53(80)64(54(81)37-48)78(85,86)87)69(105)99-42-52(112-13-2)40-58(99)68(104)90-76(32-20-33-76)75(111)97(11)66(49-22-16-17-23-49)74(110)96(10)59(70(106)91(4)5)41-62(101)95(9)57(67(103)89-65)39-47-21-19-24-51(79)35-47/h14-15,45-60,64-66H,12-13,16-44H2,1-11H3,(H,88,100)(H,89,103)(H,90,104)/b15-14-/t45-,46?,47?,48?,50?,51?,52+,53?,54?,55-,56-,57-,58-,59-,60-,64?,65-,66-/m0/s1. The molecule has 2 saturated heterocycles. The topological polar surface area (TPSA) is 279 Å². The number of fused-ring (bicyclic) bond motifs is 3. The summed E-state index contributed by atoms with van der Waals surface area (Å²) in [6, 6.07) is -11.5. The molecule has 2 bridgehead atoms. The van der Waals surface area contributed by atoms with E-state index in [0.29, 0.717) is 64.2 Å². The lowest BCUT2D eigenvalue weighted by molar-refractivity contribution is -0.219. The van der Waals surface area contributed by atoms with Crippen LogP contribution in [0.5, 0.6) is 0 Å². The molecule has 112 heavy (non-hydrogen) atoms. The van der Waals surface area contributed by atoms with Crippen LogP contribution in [0.4, 0.5) is 35.1 Å². The number of amides is 12. The Labute approximate surface area is 657 Å². The summed E-state index contributed by atoms with van der Waals surface area (Å²) in [5.41, 5.74) is -1.70. The molecule has 5 saturated carbocycles. The molecule has 3 aliphatic heterocycles. The first-order valence-electron chi connectivity index (χ1n) is 40.2. The molecule has 8 rings (SSSR count). The molecule has 0 aromatic rings. The predicted octanol–water partition coefficient (Wildman–Crippen LogP) is 7.49. The van der Waals surface area contributed by atoms with Crippen LogP contribution in [0.2, 0.25) is 0 Å². The molecule has 1 spiro atoms. The highest BCUT2D eigenvalue weighted by Crippen LogP contribution is 2.46. The molecule has 0 radical (unpaired) electrons. The first-order valence-corrected chi connectivity index (χ1v) is 40.7. The maximum Gasteiger partial charge on any atom is 0.397 e. The molecule has 3 heterocycles. The van der Waals surface area contributed by atoms with Gasteiger partial charge in [0.15, 0.2) is 0 Å². The molecule has 7 fully saturated rings. The maximum absolute atomic E-state index is 15.6. The Kier molecular flexibility index (Phi) is 31.7. The van der Waals surface area contributed by atoms with E-state index in [1.807, 2.05) is 0 Å². The quantitative estimate of drug-likeness (QED) is 0.0917. The fourth-order valence-electron chi connectivity index (χ4n) is 18.3. The molecular formula is C78H119ClF8N12O13. The molecular weight excluding hydrogens is 1500 g/mol. The third-order valence-corrected chi connectivity index (χ3v) is 25.9. The van der Waals surface area contributed by atoms with Gasteiger partial charge in [0.25, 0.3) is 0 Å². The molecule has 34 heteroatoms. The van der Waals surface area contributed by atoms with Crippen molar-refractivity contribution < 1.29 is 97.4 Å². The summed E-state index contributed by atoms with van der Waals surface area (Å²) in [5.74, 6) is -17.1. The lowest BCUT2D eigenvalue weighted by atomic mass is 9.74. The average molecular weight is 1620 g/mol. The minimum Gasteiger partial charge on any atom is -0.377 e. The average Bonchev–Trinajstić information content (AvgIpc) is 1.40. The van der Waals surface area contributed by atoms with Crippen LogP contribution >= 0.6 is 11.6 Å². The van der Waals surface area contributed by atoms with Gasteiger partial charge >= 0.3 is 12.4 Å². The highest BCUT2D eigenvalue weighted by molar-refractivity contribution is 6.20. The van der Waals surface area contributed by atoms with Crippen LogP contribution < -0.4 is 16.0 Å². The molecule has 8 aliphatic rings. The minimum atomic E-state index is -5.22. The van der Waals surface area contributed by atoms with Gasteiger partial charge in [-0.2, -0.15) is 26.3 Å². The SMILES string of the molecule is CCO[C@@H]1C[C@H]2C(=O)NC3(CCC3)C(=O)N(C)[C@@H](C3CCCC3)C(=O)N(C)[C@H](C(=O)N(C)C)CC(=O)N(C)[C@@H](CC3CCCC(Cl)C3)C(=O)N[C@@H]([C@@H](C)CC)C(=O)N(C)CC(=O)N(C)[C@H]3C/C=C\CCN(C3=O)[C@@H](CC3CCC(C(F)(F)F)CC3)C(=O)N(C)CC(=O)N[C@@H](CCC3CC(F)C(C(F)(F)F)C(F)C3)C(=O)N2C1. The van der Waals surface area contributed by atoms with E-state index in [2.05, 4.69) is 16.0 Å². The monoisotopic (exact) mass is 1620 g/mol. The van der Waals surface area contributed by atoms with Gasteiger partial charge in [-0.25, -0.2) is 8.78 Å². The van der Waals surface area contributed by atoms with Crippen molar-refractivity contribution in [2.24, 2.45) is 41.4 Å². The Hall–Kier alpha value is -6.93. The van der Waals surface area contributed by atoms with Crippen LogP contribution in [-0.4, -0.2) is 294 Å². The Morgan fingerprint density at radius 2 is 1.26 bits per heavy atom. The van der Waals surface area contributed by atoms with Gasteiger partial charge in [0, 0.05) is 87.9 Å². The van der Waals surface area contributed by atoms with Crippen LogP contribution in [0, 0.1) is 41.4 Å². The first-order chi connectivity index (χ1) is 52.6. The summed E-state index contributed by atoms with van der Waals surface area (Å²) in [6.07, 6.45) is -10.7. The summed E-state index contributed by atoms with van der Waals surface area (Å²) in [5, 5.41) is 8.24. The molecule has 14 atom stereocenters. The molecule has 3 N–H and O–H groups in total. The maximum atomic E-state index is 15.6. The Morgan fingerprint density at radius 1 is 0.625 bits per heavy atom. The van der Waals surface area contributed by atoms with Crippen LogP contribution in [0.25, 0.3) is 0 Å². The third kappa shape index (κ3) is 22.0. The first kappa shape index (κ1) is 90.6. The second-order valence-corrected chi connectivity index (χ2v) is 34.0. The number of ether oxygens (including phenoxy) is 1. The molecule has 25 nitrogen and oxygen atoms in total. The van der Waals surface area contributed by atoms with Crippen molar-refractivity contribution in [3.8, 4) is 0 Å². The number of nitrogens with zero attached hydrogens (tertiary/aromatic N) is 9. The second kappa shape index (κ2) is 39.1. The predicted molar refractivity (Wildman–Crippen MR) is 398 cm³/mol. The van der Waals surface area contributed by atoms with Crippen LogP contribution in [0.1, 0.15) is 188 Å². The smallest absolute Gasteiger partial charge is 0.377 e. The summed E-state index contributed by atoms with van der Waals surface area (Å²) in [7, 11) is 10.9. The highest BCUT2D eigenvalue weighted by Gasteiger charge is 2.56. The second-order valence-electron chi connectivity index (χ2n) is 33.4. The number of likely N-dealkylation sites (N-methyl/N-ethyl adjacent to an activating group) is 7. The molecule has 12 amide bonds. The van der Waals surface area contributed by atoms with E-state index in [9.17, 15) is 45.5 Å². The normalized spacial score (nSPS) is 33.4. The number of hydrogen-bond acceptors (Lipinski definition) is 13. The van der Waals surface area contributed by atoms with Crippen molar-refractivity contribution in [2.45, 2.75) is 278 Å². The van der Waals surface area contributed by atoms with Gasteiger partial charge in [-0.15, -0.1) is 11.6 Å². The number of nitrogens with one attached hydrogen (secondary N) is 3. The molecule has 0 aromatic heterocycles. The van der Waals surface area contributed by atoms with Crippen molar-refractivity contribution in [2.75, 3.05) is 89.2 Å². The van der Waals surface area contributed by atoms with Gasteiger partial charge in [-0.05, 0) is 159 Å². The van der Waals surface area contributed by atoms with Gasteiger partial charge in [-0.1, -0.05) is 58.1 Å². The van der Waals surface area contributed by atoms with Crippen molar-refractivity contribution in [3.63, 3.8) is 0 Å². The molecule has 0 aromatic carbocycles. The van der Waals surface area contributed by atoms with Gasteiger partial charge in [0.1, 0.15) is 72.1 Å². The zero-order valence-electron chi connectivity index (χ0n) is 66.8. The van der Waals surface area contributed by atoms with Crippen molar-refractivity contribution in [1.29, 1.82) is 0 Å². The Bertz CT molecular complexity index is 3370. The number of rotatable bonds is 13. The Balaban J connectivity index is 1.21. The number of carbonyl (C=O) groups excluding carboxylic acids is 12. The third-order valence-electron chi connectivity index (χ3n) is 25.5. The van der Waals surface area contributed by atoms with Crippen molar-refractivity contribution >= 4 is 82.5 Å². The van der Waals surface area contributed by atoms with Gasteiger partial charge in [-0.3, -0.25) is 57.5 Å². The van der Waals surface area contributed by atoms with E-state index in [1.54, 1.807) is 32.9 Å². The summed E-state index contributed by atoms with van der Waals surface area (Å²) >= 11 is 6.75. The van der Waals surface area contributed by atoms with E-state index in [4.69, 9.17) is 16.3 Å². The van der Waals surface area contributed by atoms with E-state index in [0.717, 1.165) is 24.5 Å². The number of carbonyl (C=O) groups is 12. The molecule has 5 aliphatic carbocycles. The van der Waals surface area contributed by atoms with Gasteiger partial charge < -0.3 is 64.8 Å². The lowest BCUT2D eigenvalue weighted by Crippen LogP contribution is -2.68. The zero-order chi connectivity index (χ0) is 82.8. The van der Waals surface area contributed by atoms with E-state index in [-0.39, 0.29) is 108 Å². The lowest BCUT2D eigenvalue weighted by Gasteiger charge is -2.46. The Morgan fingerprint density at radius 3 is 1.84 bits per heavy atom. The van der Waals surface area contributed by atoms with E-state index < -0.39 is 230 Å².